The highest BCUT2D eigenvalue weighted by Gasteiger charge is 2.24. The van der Waals surface area contributed by atoms with Crippen LogP contribution in [0.2, 0.25) is 0 Å². The van der Waals surface area contributed by atoms with E-state index in [9.17, 15) is 4.79 Å². The summed E-state index contributed by atoms with van der Waals surface area (Å²) in [5.41, 5.74) is 5.69. The van der Waals surface area contributed by atoms with Gasteiger partial charge in [-0.05, 0) is 31.7 Å². The summed E-state index contributed by atoms with van der Waals surface area (Å²) in [5.74, 6) is 0.697. The minimum atomic E-state index is 0.192. The third-order valence-electron chi connectivity index (χ3n) is 3.04. The van der Waals surface area contributed by atoms with Gasteiger partial charge in [-0.25, -0.2) is 0 Å². The number of hydrogen-bond acceptors (Lipinski definition) is 2. The van der Waals surface area contributed by atoms with Gasteiger partial charge in [0.2, 0.25) is 5.91 Å². The Morgan fingerprint density at radius 2 is 2.14 bits per heavy atom. The second-order valence-corrected chi connectivity index (χ2v) is 4.20. The molecule has 1 rings (SSSR count). The minimum absolute atomic E-state index is 0.192. The van der Waals surface area contributed by atoms with E-state index < -0.39 is 0 Å². The van der Waals surface area contributed by atoms with Gasteiger partial charge in [-0.2, -0.15) is 0 Å². The zero-order valence-electron chi connectivity index (χ0n) is 9.09. The monoisotopic (exact) mass is 198 g/mol. The summed E-state index contributed by atoms with van der Waals surface area (Å²) in [6, 6.07) is 0.341. The lowest BCUT2D eigenvalue weighted by molar-refractivity contribution is -0.122. The van der Waals surface area contributed by atoms with Crippen LogP contribution in [0.5, 0.6) is 0 Å². The Morgan fingerprint density at radius 1 is 1.43 bits per heavy atom. The van der Waals surface area contributed by atoms with Crippen LogP contribution in [0.4, 0.5) is 0 Å². The van der Waals surface area contributed by atoms with Crippen molar-refractivity contribution in [3.8, 4) is 0 Å². The quantitative estimate of drug-likeness (QED) is 0.718. The van der Waals surface area contributed by atoms with E-state index in [1.807, 2.05) is 6.92 Å². The SMILES string of the molecule is CCCC(=O)NC1CCCCC1CN. The summed E-state index contributed by atoms with van der Waals surface area (Å²) in [7, 11) is 0. The fourth-order valence-electron chi connectivity index (χ4n) is 2.19. The molecule has 0 saturated heterocycles. The van der Waals surface area contributed by atoms with E-state index >= 15 is 0 Å². The summed E-state index contributed by atoms with van der Waals surface area (Å²) >= 11 is 0. The number of carbonyl (C=O) groups is 1. The van der Waals surface area contributed by atoms with Crippen LogP contribution in [-0.4, -0.2) is 18.5 Å². The second kappa shape index (κ2) is 6.02. The summed E-state index contributed by atoms with van der Waals surface area (Å²) in [6.07, 6.45) is 6.35. The average Bonchev–Trinajstić information content (AvgIpc) is 2.19. The number of nitrogens with one attached hydrogen (secondary N) is 1. The highest BCUT2D eigenvalue weighted by Crippen LogP contribution is 2.23. The zero-order valence-corrected chi connectivity index (χ0v) is 9.09. The van der Waals surface area contributed by atoms with Crippen molar-refractivity contribution in [2.45, 2.75) is 51.5 Å². The highest BCUT2D eigenvalue weighted by atomic mass is 16.1. The molecule has 0 aromatic rings. The average molecular weight is 198 g/mol. The lowest BCUT2D eigenvalue weighted by atomic mass is 9.84. The largest absolute Gasteiger partial charge is 0.353 e. The Hall–Kier alpha value is -0.570. The van der Waals surface area contributed by atoms with E-state index in [0.29, 0.717) is 24.9 Å². The van der Waals surface area contributed by atoms with E-state index in [1.165, 1.54) is 19.3 Å². The minimum Gasteiger partial charge on any atom is -0.353 e. The predicted molar refractivity (Wildman–Crippen MR) is 57.9 cm³/mol. The molecule has 0 radical (unpaired) electrons. The Balaban J connectivity index is 2.36. The molecule has 1 amide bonds. The number of rotatable bonds is 4. The normalized spacial score (nSPS) is 27.3. The second-order valence-electron chi connectivity index (χ2n) is 4.20. The fourth-order valence-corrected chi connectivity index (χ4v) is 2.19. The van der Waals surface area contributed by atoms with Crippen molar-refractivity contribution in [1.82, 2.24) is 5.32 Å². The number of hydrogen-bond donors (Lipinski definition) is 2. The van der Waals surface area contributed by atoms with Crippen LogP contribution < -0.4 is 11.1 Å². The molecule has 2 unspecified atom stereocenters. The van der Waals surface area contributed by atoms with Crippen LogP contribution >= 0.6 is 0 Å². The van der Waals surface area contributed by atoms with Crippen molar-refractivity contribution in [3.05, 3.63) is 0 Å². The molecule has 2 atom stereocenters. The predicted octanol–water partition coefficient (Wildman–Crippen LogP) is 1.42. The van der Waals surface area contributed by atoms with Crippen LogP contribution in [0.3, 0.4) is 0 Å². The Kier molecular flexibility index (Phi) is 4.94. The van der Waals surface area contributed by atoms with Crippen LogP contribution in [0, 0.1) is 5.92 Å². The van der Waals surface area contributed by atoms with Gasteiger partial charge in [-0.15, -0.1) is 0 Å². The van der Waals surface area contributed by atoms with Crippen LogP contribution in [0.25, 0.3) is 0 Å². The van der Waals surface area contributed by atoms with Crippen molar-refractivity contribution in [1.29, 1.82) is 0 Å². The van der Waals surface area contributed by atoms with Crippen LogP contribution in [-0.2, 0) is 4.79 Å². The summed E-state index contributed by atoms with van der Waals surface area (Å²) in [5, 5.41) is 3.10. The van der Waals surface area contributed by atoms with Crippen molar-refractivity contribution in [2.24, 2.45) is 11.7 Å². The Labute approximate surface area is 86.4 Å². The molecule has 0 spiro atoms. The summed E-state index contributed by atoms with van der Waals surface area (Å²) in [6.45, 7) is 2.73. The maximum atomic E-state index is 11.4. The first-order chi connectivity index (χ1) is 6.77. The van der Waals surface area contributed by atoms with Gasteiger partial charge in [0.05, 0.1) is 0 Å². The molecule has 0 aromatic heterocycles. The van der Waals surface area contributed by atoms with E-state index in [1.54, 1.807) is 0 Å². The van der Waals surface area contributed by atoms with Gasteiger partial charge in [0.1, 0.15) is 0 Å². The van der Waals surface area contributed by atoms with Crippen molar-refractivity contribution < 1.29 is 4.79 Å². The third-order valence-corrected chi connectivity index (χ3v) is 3.04. The van der Waals surface area contributed by atoms with Gasteiger partial charge in [0, 0.05) is 12.5 Å². The number of carbonyl (C=O) groups excluding carboxylic acids is 1. The van der Waals surface area contributed by atoms with E-state index in [-0.39, 0.29) is 5.91 Å². The fraction of sp³-hybridized carbons (Fsp3) is 0.909. The lowest BCUT2D eigenvalue weighted by Crippen LogP contribution is -2.44. The summed E-state index contributed by atoms with van der Waals surface area (Å²) < 4.78 is 0. The Bertz CT molecular complexity index is 182. The Morgan fingerprint density at radius 3 is 2.79 bits per heavy atom. The van der Waals surface area contributed by atoms with Crippen molar-refractivity contribution >= 4 is 5.91 Å². The topological polar surface area (TPSA) is 55.1 Å². The first-order valence-electron chi connectivity index (χ1n) is 5.77. The molecule has 14 heavy (non-hydrogen) atoms. The van der Waals surface area contributed by atoms with Crippen molar-refractivity contribution in [2.75, 3.05) is 6.54 Å². The molecule has 0 bridgehead atoms. The van der Waals surface area contributed by atoms with Crippen LogP contribution in [0.15, 0.2) is 0 Å². The van der Waals surface area contributed by atoms with Gasteiger partial charge in [-0.1, -0.05) is 19.8 Å². The standard InChI is InChI=1S/C11H22N2O/c1-2-5-11(14)13-10-7-4-3-6-9(10)8-12/h9-10H,2-8,12H2,1H3,(H,13,14). The molecular formula is C11H22N2O. The molecule has 0 aromatic carbocycles. The van der Waals surface area contributed by atoms with Gasteiger partial charge in [-0.3, -0.25) is 4.79 Å². The maximum absolute atomic E-state index is 11.4. The first-order valence-corrected chi connectivity index (χ1v) is 5.77. The molecule has 1 aliphatic carbocycles. The molecule has 3 N–H and O–H groups in total. The highest BCUT2D eigenvalue weighted by molar-refractivity contribution is 5.76. The molecule has 1 fully saturated rings. The van der Waals surface area contributed by atoms with E-state index in [0.717, 1.165) is 12.8 Å². The smallest absolute Gasteiger partial charge is 0.220 e. The molecule has 3 nitrogen and oxygen atoms in total. The third kappa shape index (κ3) is 3.29. The molecule has 1 aliphatic rings. The first kappa shape index (κ1) is 11.5. The van der Waals surface area contributed by atoms with Crippen LogP contribution in [0.1, 0.15) is 45.4 Å². The number of nitrogens with two attached hydrogens (primary N) is 1. The molecular weight excluding hydrogens is 176 g/mol. The van der Waals surface area contributed by atoms with Gasteiger partial charge >= 0.3 is 0 Å². The summed E-state index contributed by atoms with van der Waals surface area (Å²) in [4.78, 5) is 11.4. The molecule has 1 saturated carbocycles. The zero-order chi connectivity index (χ0) is 10.4. The molecule has 0 heterocycles. The van der Waals surface area contributed by atoms with Gasteiger partial charge in [0.25, 0.3) is 0 Å². The number of amides is 1. The van der Waals surface area contributed by atoms with Gasteiger partial charge < -0.3 is 11.1 Å². The van der Waals surface area contributed by atoms with E-state index in [2.05, 4.69) is 5.32 Å². The molecule has 0 aliphatic heterocycles. The van der Waals surface area contributed by atoms with Gasteiger partial charge in [0.15, 0.2) is 0 Å². The molecule has 3 heteroatoms. The lowest BCUT2D eigenvalue weighted by Gasteiger charge is -2.31. The maximum Gasteiger partial charge on any atom is 0.220 e. The molecule has 82 valence electrons. The van der Waals surface area contributed by atoms with E-state index in [4.69, 9.17) is 5.73 Å². The van der Waals surface area contributed by atoms with Crippen molar-refractivity contribution in [3.63, 3.8) is 0 Å².